The molecule has 1 heterocycles. The number of piperidine rings is 1. The minimum absolute atomic E-state index is 0.249. The van der Waals surface area contributed by atoms with E-state index in [1.165, 1.54) is 25.6 Å². The van der Waals surface area contributed by atoms with E-state index in [9.17, 15) is 13.2 Å². The molecule has 31 heavy (non-hydrogen) atoms. The van der Waals surface area contributed by atoms with Gasteiger partial charge < -0.3 is 10.2 Å². The van der Waals surface area contributed by atoms with Crippen molar-refractivity contribution in [3.8, 4) is 0 Å². The van der Waals surface area contributed by atoms with E-state index in [2.05, 4.69) is 29.3 Å². The molecule has 1 fully saturated rings. The standard InChI is InChI=1S/C24H33N3O3S/c1-18-9-8-16-27(17-18)22-14-12-20(13-15-22)19(2)25-24(28)23(26(3)31(4,29)30)21-10-6-5-7-11-21/h5-7,10-15,18-19,23H,8-9,16-17H2,1-4H3,(H,25,28)/t18-,19+,23+/m1/s1. The summed E-state index contributed by atoms with van der Waals surface area (Å²) in [5.41, 5.74) is 2.82. The van der Waals surface area contributed by atoms with Crippen molar-refractivity contribution in [2.24, 2.45) is 5.92 Å². The van der Waals surface area contributed by atoms with Gasteiger partial charge in [-0.05, 0) is 48.9 Å². The SMILES string of the molecule is C[C@@H]1CCCN(c2ccc([C@H](C)NC(=O)[C@H](c3ccccc3)N(C)S(C)(=O)=O)cc2)C1. The van der Waals surface area contributed by atoms with E-state index in [0.717, 1.165) is 29.2 Å². The number of anilines is 1. The largest absolute Gasteiger partial charge is 0.371 e. The highest BCUT2D eigenvalue weighted by Gasteiger charge is 2.31. The van der Waals surface area contributed by atoms with Crippen LogP contribution in [0.3, 0.4) is 0 Å². The zero-order chi connectivity index (χ0) is 22.6. The molecule has 0 radical (unpaired) electrons. The lowest BCUT2D eigenvalue weighted by Gasteiger charge is -2.33. The third-order valence-electron chi connectivity index (χ3n) is 6.02. The van der Waals surface area contributed by atoms with Crippen LogP contribution in [0.15, 0.2) is 54.6 Å². The minimum atomic E-state index is -3.55. The second-order valence-corrected chi connectivity index (χ2v) is 10.6. The van der Waals surface area contributed by atoms with Crippen LogP contribution >= 0.6 is 0 Å². The molecule has 2 aromatic carbocycles. The first kappa shape index (κ1) is 23.3. The quantitative estimate of drug-likeness (QED) is 0.708. The summed E-state index contributed by atoms with van der Waals surface area (Å²) in [7, 11) is -2.12. The molecule has 0 bridgehead atoms. The molecule has 168 valence electrons. The molecule has 1 aliphatic heterocycles. The van der Waals surface area contributed by atoms with Crippen LogP contribution in [0, 0.1) is 5.92 Å². The van der Waals surface area contributed by atoms with E-state index in [1.54, 1.807) is 24.3 Å². The normalized spacial score (nSPS) is 19.1. The number of likely N-dealkylation sites (N-methyl/N-ethyl adjacent to an activating group) is 1. The van der Waals surface area contributed by atoms with Crippen molar-refractivity contribution >= 4 is 21.6 Å². The van der Waals surface area contributed by atoms with Crippen molar-refractivity contribution in [1.82, 2.24) is 9.62 Å². The average molecular weight is 444 g/mol. The number of carbonyl (C=O) groups excluding carboxylic acids is 1. The molecule has 2 aromatic rings. The second kappa shape index (κ2) is 9.83. The average Bonchev–Trinajstić information content (AvgIpc) is 2.74. The number of nitrogens with one attached hydrogen (secondary N) is 1. The first-order valence-electron chi connectivity index (χ1n) is 10.8. The topological polar surface area (TPSA) is 69.7 Å². The van der Waals surface area contributed by atoms with E-state index in [1.807, 2.05) is 25.1 Å². The number of carbonyl (C=O) groups is 1. The summed E-state index contributed by atoms with van der Waals surface area (Å²) < 4.78 is 25.4. The van der Waals surface area contributed by atoms with Crippen molar-refractivity contribution in [2.45, 2.75) is 38.8 Å². The first-order valence-corrected chi connectivity index (χ1v) is 12.6. The molecule has 1 aliphatic rings. The molecular weight excluding hydrogens is 410 g/mol. The zero-order valence-electron chi connectivity index (χ0n) is 18.8. The summed E-state index contributed by atoms with van der Waals surface area (Å²) >= 11 is 0. The number of nitrogens with zero attached hydrogens (tertiary/aromatic N) is 2. The third-order valence-corrected chi connectivity index (χ3v) is 7.28. The van der Waals surface area contributed by atoms with Crippen LogP contribution in [-0.4, -0.2) is 45.0 Å². The lowest BCUT2D eigenvalue weighted by molar-refractivity contribution is -0.125. The van der Waals surface area contributed by atoms with E-state index in [4.69, 9.17) is 0 Å². The Labute approximate surface area is 186 Å². The molecule has 3 atom stereocenters. The number of hydrogen-bond acceptors (Lipinski definition) is 4. The smallest absolute Gasteiger partial charge is 0.243 e. The third kappa shape index (κ3) is 5.86. The summed E-state index contributed by atoms with van der Waals surface area (Å²) in [5.74, 6) is 0.356. The molecule has 0 saturated carbocycles. The lowest BCUT2D eigenvalue weighted by atomic mass is 9.99. The molecule has 1 N–H and O–H groups in total. The van der Waals surface area contributed by atoms with Crippen LogP contribution in [0.2, 0.25) is 0 Å². The maximum atomic E-state index is 13.1. The number of rotatable bonds is 7. The Morgan fingerprint density at radius 1 is 1.10 bits per heavy atom. The fourth-order valence-electron chi connectivity index (χ4n) is 4.13. The summed E-state index contributed by atoms with van der Waals surface area (Å²) in [4.78, 5) is 15.6. The van der Waals surface area contributed by atoms with Gasteiger partial charge in [0.2, 0.25) is 15.9 Å². The van der Waals surface area contributed by atoms with Crippen molar-refractivity contribution in [3.05, 3.63) is 65.7 Å². The van der Waals surface area contributed by atoms with Crippen LogP contribution in [-0.2, 0) is 14.8 Å². The van der Waals surface area contributed by atoms with Crippen LogP contribution < -0.4 is 10.2 Å². The van der Waals surface area contributed by atoms with Gasteiger partial charge in [0.15, 0.2) is 0 Å². The van der Waals surface area contributed by atoms with Crippen molar-refractivity contribution < 1.29 is 13.2 Å². The summed E-state index contributed by atoms with van der Waals surface area (Å²) in [6, 6.07) is 16.1. The Bertz CT molecular complexity index is 977. The van der Waals surface area contributed by atoms with E-state index in [-0.39, 0.29) is 11.9 Å². The molecule has 7 heteroatoms. The van der Waals surface area contributed by atoms with Crippen molar-refractivity contribution in [3.63, 3.8) is 0 Å². The molecule has 0 aliphatic carbocycles. The maximum absolute atomic E-state index is 13.1. The van der Waals surface area contributed by atoms with Gasteiger partial charge in [0.05, 0.1) is 12.3 Å². The number of sulfonamides is 1. The maximum Gasteiger partial charge on any atom is 0.243 e. The summed E-state index contributed by atoms with van der Waals surface area (Å²) in [6.45, 7) is 6.35. The first-order chi connectivity index (χ1) is 14.7. The van der Waals surface area contributed by atoms with Crippen LogP contribution in [0.4, 0.5) is 5.69 Å². The highest BCUT2D eigenvalue weighted by Crippen LogP contribution is 2.26. The van der Waals surface area contributed by atoms with Gasteiger partial charge in [0.1, 0.15) is 6.04 Å². The summed E-state index contributed by atoms with van der Waals surface area (Å²) in [6.07, 6.45) is 3.60. The predicted octanol–water partition coefficient (Wildman–Crippen LogP) is 3.73. The van der Waals surface area contributed by atoms with E-state index in [0.29, 0.717) is 11.5 Å². The van der Waals surface area contributed by atoms with Gasteiger partial charge in [-0.3, -0.25) is 4.79 Å². The Hall–Kier alpha value is -2.38. The molecular formula is C24H33N3O3S. The Morgan fingerprint density at radius 3 is 2.32 bits per heavy atom. The van der Waals surface area contributed by atoms with Gasteiger partial charge in [-0.2, -0.15) is 4.31 Å². The fourth-order valence-corrected chi connectivity index (χ4v) is 4.73. The predicted molar refractivity (Wildman–Crippen MR) is 125 cm³/mol. The highest BCUT2D eigenvalue weighted by atomic mass is 32.2. The Kier molecular flexibility index (Phi) is 7.38. The van der Waals surface area contributed by atoms with Crippen LogP contribution in [0.5, 0.6) is 0 Å². The molecule has 3 rings (SSSR count). The van der Waals surface area contributed by atoms with Gasteiger partial charge in [-0.25, -0.2) is 8.42 Å². The van der Waals surface area contributed by atoms with Gasteiger partial charge in [-0.1, -0.05) is 49.4 Å². The van der Waals surface area contributed by atoms with Crippen LogP contribution in [0.25, 0.3) is 0 Å². The highest BCUT2D eigenvalue weighted by molar-refractivity contribution is 7.88. The summed E-state index contributed by atoms with van der Waals surface area (Å²) in [5, 5.41) is 3.00. The molecule has 6 nitrogen and oxygen atoms in total. The second-order valence-electron chi connectivity index (χ2n) is 8.61. The number of benzene rings is 2. The monoisotopic (exact) mass is 443 g/mol. The van der Waals surface area contributed by atoms with Gasteiger partial charge in [0, 0.05) is 25.8 Å². The van der Waals surface area contributed by atoms with Crippen molar-refractivity contribution in [2.75, 3.05) is 31.3 Å². The molecule has 0 aromatic heterocycles. The number of amides is 1. The van der Waals surface area contributed by atoms with Gasteiger partial charge in [-0.15, -0.1) is 0 Å². The molecule has 1 saturated heterocycles. The molecule has 1 amide bonds. The zero-order valence-corrected chi connectivity index (χ0v) is 19.6. The molecule has 0 unspecified atom stereocenters. The molecule has 0 spiro atoms. The van der Waals surface area contributed by atoms with Crippen LogP contribution in [0.1, 0.15) is 49.9 Å². The lowest BCUT2D eigenvalue weighted by Crippen LogP contribution is -2.42. The fraction of sp³-hybridized carbons (Fsp3) is 0.458. The Morgan fingerprint density at radius 2 is 1.74 bits per heavy atom. The minimum Gasteiger partial charge on any atom is -0.371 e. The number of hydrogen-bond donors (Lipinski definition) is 1. The Balaban J connectivity index is 1.74. The van der Waals surface area contributed by atoms with Crippen molar-refractivity contribution in [1.29, 1.82) is 0 Å². The van der Waals surface area contributed by atoms with Gasteiger partial charge in [0.25, 0.3) is 0 Å². The van der Waals surface area contributed by atoms with E-state index < -0.39 is 16.1 Å². The van der Waals surface area contributed by atoms with Gasteiger partial charge >= 0.3 is 0 Å². The van der Waals surface area contributed by atoms with E-state index >= 15 is 0 Å².